The van der Waals surface area contributed by atoms with Crippen molar-refractivity contribution in [2.75, 3.05) is 23.3 Å². The van der Waals surface area contributed by atoms with Crippen LogP contribution in [0.15, 0.2) is 48.5 Å². The number of alkyl halides is 1. The zero-order valence-corrected chi connectivity index (χ0v) is 13.5. The second kappa shape index (κ2) is 8.90. The molecule has 0 fully saturated rings. The summed E-state index contributed by atoms with van der Waals surface area (Å²) in [6, 6.07) is 12.8. The van der Waals surface area contributed by atoms with Crippen molar-refractivity contribution in [2.45, 2.75) is 6.42 Å². The molecule has 0 aliphatic carbocycles. The van der Waals surface area contributed by atoms with Crippen molar-refractivity contribution in [3.63, 3.8) is 0 Å². The van der Waals surface area contributed by atoms with Gasteiger partial charge in [-0.05, 0) is 42.3 Å². The normalized spacial score (nSPS) is 10.1. The van der Waals surface area contributed by atoms with Crippen molar-refractivity contribution in [1.29, 1.82) is 0 Å². The maximum Gasteiger partial charge on any atom is 0.339 e. The largest absolute Gasteiger partial charge is 0.446 e. The first-order valence-corrected chi connectivity index (χ1v) is 7.77. The Morgan fingerprint density at radius 3 is 2.42 bits per heavy atom. The zero-order chi connectivity index (χ0) is 17.4. The van der Waals surface area contributed by atoms with Gasteiger partial charge in [-0.25, -0.2) is 9.59 Å². The number of halogens is 1. The Morgan fingerprint density at radius 2 is 1.75 bits per heavy atom. The van der Waals surface area contributed by atoms with Gasteiger partial charge >= 0.3 is 12.0 Å². The van der Waals surface area contributed by atoms with E-state index in [1.54, 1.807) is 30.3 Å². The Kier molecular flexibility index (Phi) is 6.60. The predicted octanol–water partition coefficient (Wildman–Crippen LogP) is 3.22. The van der Waals surface area contributed by atoms with Crippen molar-refractivity contribution in [3.8, 4) is 0 Å². The molecule has 24 heavy (non-hydrogen) atoms. The standard InChI is InChI=1S/C17H17ClN2O4/c18-11-24-16(22)13-2-1-3-15(10-13)20-17(23)19-14-6-4-12(5-7-14)8-9-21/h1-7,10,21H,8-9,11H2,(H2,19,20,23). The van der Waals surface area contributed by atoms with Gasteiger partial charge in [0.15, 0.2) is 6.07 Å². The molecule has 0 heterocycles. The van der Waals surface area contributed by atoms with Crippen LogP contribution in [0.25, 0.3) is 0 Å². The number of ether oxygens (including phenoxy) is 1. The van der Waals surface area contributed by atoms with Gasteiger partial charge in [-0.3, -0.25) is 0 Å². The molecule has 0 radical (unpaired) electrons. The predicted molar refractivity (Wildman–Crippen MR) is 92.5 cm³/mol. The summed E-state index contributed by atoms with van der Waals surface area (Å²) in [6.45, 7) is 0.0791. The average Bonchev–Trinajstić information content (AvgIpc) is 2.57. The van der Waals surface area contributed by atoms with Crippen LogP contribution in [0.1, 0.15) is 15.9 Å². The third kappa shape index (κ3) is 5.26. The van der Waals surface area contributed by atoms with E-state index in [2.05, 4.69) is 10.6 Å². The first kappa shape index (κ1) is 17.8. The van der Waals surface area contributed by atoms with Gasteiger partial charge in [-0.15, -0.1) is 0 Å². The van der Waals surface area contributed by atoms with E-state index in [0.29, 0.717) is 23.4 Å². The second-order valence-corrected chi connectivity index (χ2v) is 5.09. The van der Waals surface area contributed by atoms with Gasteiger partial charge in [0.05, 0.1) is 5.56 Å². The summed E-state index contributed by atoms with van der Waals surface area (Å²) >= 11 is 5.35. The highest BCUT2D eigenvalue weighted by Crippen LogP contribution is 2.14. The lowest BCUT2D eigenvalue weighted by molar-refractivity contribution is 0.0574. The lowest BCUT2D eigenvalue weighted by Gasteiger charge is -2.09. The Labute approximate surface area is 144 Å². The summed E-state index contributed by atoms with van der Waals surface area (Å²) in [5.41, 5.74) is 2.34. The van der Waals surface area contributed by atoms with Crippen LogP contribution in [0.5, 0.6) is 0 Å². The highest BCUT2D eigenvalue weighted by Gasteiger charge is 2.09. The van der Waals surface area contributed by atoms with E-state index in [9.17, 15) is 9.59 Å². The molecule has 0 saturated heterocycles. The second-order valence-electron chi connectivity index (χ2n) is 4.87. The quantitative estimate of drug-likeness (QED) is 0.552. The molecule has 0 saturated carbocycles. The number of hydrogen-bond donors (Lipinski definition) is 3. The molecule has 2 amide bonds. The minimum Gasteiger partial charge on any atom is -0.446 e. The summed E-state index contributed by atoms with van der Waals surface area (Å²) in [7, 11) is 0. The van der Waals surface area contributed by atoms with Gasteiger partial charge in [0.25, 0.3) is 0 Å². The van der Waals surface area contributed by atoms with Crippen molar-refractivity contribution in [2.24, 2.45) is 0 Å². The number of carbonyl (C=O) groups is 2. The number of esters is 1. The van der Waals surface area contributed by atoms with E-state index in [0.717, 1.165) is 5.56 Å². The van der Waals surface area contributed by atoms with Crippen molar-refractivity contribution >= 4 is 35.0 Å². The van der Waals surface area contributed by atoms with E-state index >= 15 is 0 Å². The number of rotatable bonds is 6. The van der Waals surface area contributed by atoms with Gasteiger partial charge in [-0.1, -0.05) is 29.8 Å². The van der Waals surface area contributed by atoms with Gasteiger partial charge in [0, 0.05) is 18.0 Å². The van der Waals surface area contributed by atoms with Gasteiger partial charge < -0.3 is 20.5 Å². The molecule has 0 bridgehead atoms. The van der Waals surface area contributed by atoms with Gasteiger partial charge in [0.2, 0.25) is 0 Å². The molecule has 3 N–H and O–H groups in total. The lowest BCUT2D eigenvalue weighted by atomic mass is 10.1. The molecule has 0 aromatic heterocycles. The number of aliphatic hydroxyl groups is 1. The minimum atomic E-state index is -0.562. The first-order chi connectivity index (χ1) is 11.6. The van der Waals surface area contributed by atoms with E-state index < -0.39 is 12.0 Å². The fourth-order valence-corrected chi connectivity index (χ4v) is 2.13. The SMILES string of the molecule is O=C(Nc1ccc(CCO)cc1)Nc1cccc(C(=O)OCCl)c1. The lowest BCUT2D eigenvalue weighted by Crippen LogP contribution is -2.19. The van der Waals surface area contributed by atoms with E-state index in [4.69, 9.17) is 21.4 Å². The summed E-state index contributed by atoms with van der Waals surface area (Å²) in [6.07, 6.45) is 0.567. The molecule has 6 nitrogen and oxygen atoms in total. The van der Waals surface area contributed by atoms with E-state index in [1.165, 1.54) is 6.07 Å². The number of carbonyl (C=O) groups excluding carboxylic acids is 2. The number of benzene rings is 2. The fraction of sp³-hybridized carbons (Fsp3) is 0.176. The van der Waals surface area contributed by atoms with Crippen molar-refractivity contribution < 1.29 is 19.4 Å². The van der Waals surface area contributed by atoms with Gasteiger partial charge in [-0.2, -0.15) is 0 Å². The van der Waals surface area contributed by atoms with Crippen LogP contribution in [0.4, 0.5) is 16.2 Å². The highest BCUT2D eigenvalue weighted by atomic mass is 35.5. The van der Waals surface area contributed by atoms with Crippen LogP contribution in [-0.2, 0) is 11.2 Å². The number of nitrogens with one attached hydrogen (secondary N) is 2. The van der Waals surface area contributed by atoms with Crippen molar-refractivity contribution in [3.05, 3.63) is 59.7 Å². The highest BCUT2D eigenvalue weighted by molar-refractivity contribution is 6.17. The molecule has 2 aromatic rings. The third-order valence-electron chi connectivity index (χ3n) is 3.15. The Bertz CT molecular complexity index is 704. The van der Waals surface area contributed by atoms with Crippen LogP contribution < -0.4 is 10.6 Å². The average molecular weight is 349 g/mol. The van der Waals surface area contributed by atoms with Gasteiger partial charge in [0.1, 0.15) is 0 Å². The first-order valence-electron chi connectivity index (χ1n) is 7.23. The molecular formula is C17H17ClN2O4. The Morgan fingerprint density at radius 1 is 1.04 bits per heavy atom. The molecule has 0 spiro atoms. The van der Waals surface area contributed by atoms with Crippen LogP contribution in [-0.4, -0.2) is 29.8 Å². The maximum absolute atomic E-state index is 12.0. The monoisotopic (exact) mass is 348 g/mol. The molecular weight excluding hydrogens is 332 g/mol. The van der Waals surface area contributed by atoms with Crippen molar-refractivity contribution in [1.82, 2.24) is 0 Å². The number of hydrogen-bond acceptors (Lipinski definition) is 4. The zero-order valence-electron chi connectivity index (χ0n) is 12.8. The summed E-state index contributed by atoms with van der Waals surface area (Å²) in [4.78, 5) is 23.6. The van der Waals surface area contributed by atoms with Crippen LogP contribution >= 0.6 is 11.6 Å². The van der Waals surface area contributed by atoms with E-state index in [1.807, 2.05) is 12.1 Å². The van der Waals surface area contributed by atoms with Crippen LogP contribution in [0, 0.1) is 0 Å². The maximum atomic E-state index is 12.0. The Balaban J connectivity index is 1.96. The number of aliphatic hydroxyl groups excluding tert-OH is 1. The van der Waals surface area contributed by atoms with Crippen LogP contribution in [0.2, 0.25) is 0 Å². The number of amides is 2. The summed E-state index contributed by atoms with van der Waals surface area (Å²) in [5, 5.41) is 14.2. The molecule has 0 aliphatic heterocycles. The molecule has 0 aliphatic rings. The minimum absolute atomic E-state index is 0.0791. The smallest absolute Gasteiger partial charge is 0.339 e. The molecule has 0 unspecified atom stereocenters. The molecule has 0 atom stereocenters. The third-order valence-corrected chi connectivity index (χ3v) is 3.26. The summed E-state index contributed by atoms with van der Waals surface area (Å²) in [5.74, 6) is -0.562. The molecule has 2 rings (SSSR count). The van der Waals surface area contributed by atoms with E-state index in [-0.39, 0.29) is 12.7 Å². The number of urea groups is 1. The molecule has 7 heteroatoms. The topological polar surface area (TPSA) is 87.7 Å². The number of anilines is 2. The fourth-order valence-electron chi connectivity index (χ4n) is 2.03. The molecule has 2 aromatic carbocycles. The Hall–Kier alpha value is -2.57. The van der Waals surface area contributed by atoms with Crippen LogP contribution in [0.3, 0.4) is 0 Å². The molecule has 126 valence electrons. The summed E-state index contributed by atoms with van der Waals surface area (Å²) < 4.78 is 4.69.